The fourth-order valence-corrected chi connectivity index (χ4v) is 7.13. The minimum atomic E-state index is -1.92. The highest BCUT2D eigenvalue weighted by atomic mass is 35.5. The van der Waals surface area contributed by atoms with Gasteiger partial charge in [-0.3, -0.25) is 0 Å². The van der Waals surface area contributed by atoms with Crippen LogP contribution in [0.1, 0.15) is 6.92 Å². The number of benzene rings is 2. The Bertz CT molecular complexity index is 532. The quantitative estimate of drug-likeness (QED) is 0.600. The Labute approximate surface area is 131 Å². The van der Waals surface area contributed by atoms with Crippen LogP contribution < -0.4 is 10.4 Å². The molecule has 0 radical (unpaired) electrons. The van der Waals surface area contributed by atoms with Gasteiger partial charge in [0.05, 0.1) is 6.61 Å². The van der Waals surface area contributed by atoms with Gasteiger partial charge in [-0.05, 0) is 6.04 Å². The normalized spacial score (nSPS) is 11.1. The molecule has 2 aromatic rings. The summed E-state index contributed by atoms with van der Waals surface area (Å²) in [6, 6.07) is 23.0. The molecule has 0 heterocycles. The van der Waals surface area contributed by atoms with Gasteiger partial charge in [0.1, 0.15) is 8.07 Å². The summed E-state index contributed by atoms with van der Waals surface area (Å²) in [5, 5.41) is 2.73. The first kappa shape index (κ1) is 15.8. The van der Waals surface area contributed by atoms with Gasteiger partial charge < -0.3 is 4.74 Å². The van der Waals surface area contributed by atoms with Crippen LogP contribution in [0, 0.1) is 0 Å². The molecule has 4 heteroatoms. The van der Waals surface area contributed by atoms with Crippen LogP contribution in [-0.2, 0) is 4.74 Å². The van der Waals surface area contributed by atoms with Gasteiger partial charge in [0.25, 0.3) is 0 Å². The van der Waals surface area contributed by atoms with Gasteiger partial charge in [0.15, 0.2) is 0 Å². The van der Waals surface area contributed by atoms with Crippen LogP contribution in [0.25, 0.3) is 0 Å². The second kappa shape index (κ2) is 7.43. The molecule has 0 bridgehead atoms. The van der Waals surface area contributed by atoms with Gasteiger partial charge in [-0.1, -0.05) is 84.0 Å². The van der Waals surface area contributed by atoms with Gasteiger partial charge >= 0.3 is 5.43 Å². The average Bonchev–Trinajstić information content (AvgIpc) is 2.53. The van der Waals surface area contributed by atoms with Gasteiger partial charge in [-0.2, -0.15) is 0 Å². The van der Waals surface area contributed by atoms with E-state index in [-0.39, 0.29) is 0 Å². The molecule has 110 valence electrons. The molecular weight excluding hydrogens is 300 g/mol. The maximum absolute atomic E-state index is 10.8. The molecule has 2 rings (SSSR count). The molecule has 0 saturated heterocycles. The van der Waals surface area contributed by atoms with E-state index in [0.29, 0.717) is 6.61 Å². The maximum Gasteiger partial charge on any atom is 0.403 e. The molecule has 0 aliphatic carbocycles. The Balaban J connectivity index is 2.39. The number of halogens is 1. The molecule has 0 saturated carbocycles. The molecule has 0 atom stereocenters. The fraction of sp³-hybridized carbons (Fsp3) is 0.235. The lowest BCUT2D eigenvalue weighted by Gasteiger charge is -2.31. The van der Waals surface area contributed by atoms with Crippen molar-refractivity contribution in [2.75, 3.05) is 6.61 Å². The van der Waals surface area contributed by atoms with E-state index < -0.39 is 13.5 Å². The van der Waals surface area contributed by atoms with Crippen molar-refractivity contribution in [1.29, 1.82) is 0 Å². The van der Waals surface area contributed by atoms with E-state index in [9.17, 15) is 4.79 Å². The largest absolute Gasteiger partial charge is 0.454 e. The van der Waals surface area contributed by atoms with Crippen molar-refractivity contribution in [2.45, 2.75) is 19.0 Å². The van der Waals surface area contributed by atoms with Gasteiger partial charge in [0.2, 0.25) is 0 Å². The summed E-state index contributed by atoms with van der Waals surface area (Å²) >= 11 is 5.30. The molecule has 0 aliphatic rings. The second-order valence-corrected chi connectivity index (χ2v) is 9.84. The van der Waals surface area contributed by atoms with Crippen LogP contribution in [0.15, 0.2) is 60.7 Å². The number of hydrogen-bond donors (Lipinski definition) is 0. The molecule has 0 aromatic heterocycles. The predicted molar refractivity (Wildman–Crippen MR) is 90.4 cm³/mol. The van der Waals surface area contributed by atoms with Gasteiger partial charge in [-0.15, -0.1) is 0 Å². The molecule has 2 nitrogen and oxygen atoms in total. The highest BCUT2D eigenvalue weighted by Gasteiger charge is 2.35. The summed E-state index contributed by atoms with van der Waals surface area (Å²) in [5.41, 5.74) is -0.727. The van der Waals surface area contributed by atoms with Crippen molar-refractivity contribution < 1.29 is 9.53 Å². The molecule has 0 spiro atoms. The van der Waals surface area contributed by atoms with Crippen molar-refractivity contribution >= 4 is 35.5 Å². The van der Waals surface area contributed by atoms with E-state index >= 15 is 0 Å². The van der Waals surface area contributed by atoms with Crippen LogP contribution in [0.3, 0.4) is 0 Å². The third kappa shape index (κ3) is 3.74. The third-order valence-electron chi connectivity index (χ3n) is 4.00. The van der Waals surface area contributed by atoms with E-state index in [1.54, 1.807) is 0 Å². The number of carbonyl (C=O) groups excluding carboxylic acids is 1. The SMILES string of the molecule is CC[Si](CCOC(=O)Cl)(c1ccccc1)c1ccccc1. The molecular formula is C17H19ClO2Si. The summed E-state index contributed by atoms with van der Waals surface area (Å²) in [4.78, 5) is 10.8. The molecule has 0 N–H and O–H groups in total. The van der Waals surface area contributed by atoms with Crippen molar-refractivity contribution in [3.05, 3.63) is 60.7 Å². The monoisotopic (exact) mass is 318 g/mol. The molecule has 0 aliphatic heterocycles. The Morgan fingerprint density at radius 3 is 1.86 bits per heavy atom. The first-order valence-electron chi connectivity index (χ1n) is 7.12. The van der Waals surface area contributed by atoms with Gasteiger partial charge in [0, 0.05) is 11.6 Å². The maximum atomic E-state index is 10.8. The zero-order chi connectivity index (χ0) is 15.1. The summed E-state index contributed by atoms with van der Waals surface area (Å²) in [7, 11) is -1.92. The number of hydrogen-bond acceptors (Lipinski definition) is 2. The lowest BCUT2D eigenvalue weighted by Crippen LogP contribution is -2.58. The highest BCUT2D eigenvalue weighted by Crippen LogP contribution is 2.17. The average molecular weight is 319 g/mol. The number of carbonyl (C=O) groups is 1. The van der Waals surface area contributed by atoms with E-state index in [2.05, 4.69) is 55.5 Å². The Morgan fingerprint density at radius 2 is 1.48 bits per heavy atom. The predicted octanol–water partition coefficient (Wildman–Crippen LogP) is 3.64. The van der Waals surface area contributed by atoms with Crippen LogP contribution in [0.4, 0.5) is 4.79 Å². The first-order valence-corrected chi connectivity index (χ1v) is 9.91. The van der Waals surface area contributed by atoms with Crippen LogP contribution in [0.5, 0.6) is 0 Å². The van der Waals surface area contributed by atoms with Crippen molar-refractivity contribution in [3.63, 3.8) is 0 Å². The Kier molecular flexibility index (Phi) is 5.59. The summed E-state index contributed by atoms with van der Waals surface area (Å²) in [6.45, 7) is 2.58. The van der Waals surface area contributed by atoms with Crippen LogP contribution in [-0.4, -0.2) is 20.1 Å². The molecule has 0 amide bonds. The minimum Gasteiger partial charge on any atom is -0.454 e. The smallest absolute Gasteiger partial charge is 0.403 e. The standard InChI is InChI=1S/C17H19ClO2Si/c1-2-21(14-13-20-17(18)19,15-9-5-3-6-10-15)16-11-7-4-8-12-16/h3-12H,2,13-14H2,1H3. The van der Waals surface area contributed by atoms with Gasteiger partial charge in [-0.25, -0.2) is 4.79 Å². The second-order valence-electron chi connectivity index (χ2n) is 5.00. The van der Waals surface area contributed by atoms with E-state index in [4.69, 9.17) is 16.3 Å². The number of rotatable bonds is 6. The lowest BCUT2D eigenvalue weighted by atomic mass is 10.4. The fourth-order valence-electron chi connectivity index (χ4n) is 2.86. The Hall–Kier alpha value is -1.58. The van der Waals surface area contributed by atoms with Crippen LogP contribution >= 0.6 is 11.6 Å². The molecule has 0 unspecified atom stereocenters. The minimum absolute atomic E-state index is 0.367. The molecule has 21 heavy (non-hydrogen) atoms. The van der Waals surface area contributed by atoms with E-state index in [0.717, 1.165) is 12.1 Å². The Morgan fingerprint density at radius 1 is 1.00 bits per heavy atom. The summed E-state index contributed by atoms with van der Waals surface area (Å²) in [5.74, 6) is 0. The van der Waals surface area contributed by atoms with Crippen molar-refractivity contribution in [1.82, 2.24) is 0 Å². The topological polar surface area (TPSA) is 26.3 Å². The first-order chi connectivity index (χ1) is 10.2. The molecule has 2 aromatic carbocycles. The lowest BCUT2D eigenvalue weighted by molar-refractivity contribution is 0.179. The van der Waals surface area contributed by atoms with Crippen molar-refractivity contribution in [2.24, 2.45) is 0 Å². The van der Waals surface area contributed by atoms with E-state index in [1.165, 1.54) is 10.4 Å². The molecule has 0 fully saturated rings. The third-order valence-corrected chi connectivity index (χ3v) is 9.25. The zero-order valence-electron chi connectivity index (χ0n) is 12.1. The number of ether oxygens (including phenoxy) is 1. The summed E-state index contributed by atoms with van der Waals surface area (Å²) in [6.07, 6.45) is 0. The zero-order valence-corrected chi connectivity index (χ0v) is 13.8. The highest BCUT2D eigenvalue weighted by molar-refractivity contribution is 7.02. The van der Waals surface area contributed by atoms with Crippen molar-refractivity contribution in [3.8, 4) is 0 Å². The van der Waals surface area contributed by atoms with E-state index in [1.807, 2.05) is 12.1 Å². The summed E-state index contributed by atoms with van der Waals surface area (Å²) < 4.78 is 5.00. The van der Waals surface area contributed by atoms with Crippen LogP contribution in [0.2, 0.25) is 12.1 Å².